The van der Waals surface area contributed by atoms with E-state index in [4.69, 9.17) is 0 Å². The van der Waals surface area contributed by atoms with Gasteiger partial charge in [0, 0.05) is 10.9 Å². The van der Waals surface area contributed by atoms with Crippen molar-refractivity contribution in [2.24, 2.45) is 0 Å². The number of halogens is 3. The van der Waals surface area contributed by atoms with Crippen LogP contribution >= 0.6 is 0 Å². The lowest BCUT2D eigenvalue weighted by molar-refractivity contribution is -0.153. The zero-order chi connectivity index (χ0) is 19.6. The fourth-order valence-electron chi connectivity index (χ4n) is 2.62. The molecule has 0 spiro atoms. The molecule has 3 aromatic rings. The molecule has 0 saturated carbocycles. The largest absolute Gasteiger partial charge is 0.483 e. The number of nitrogens with one attached hydrogen (secondary N) is 2. The molecule has 1 amide bonds. The zero-order valence-electron chi connectivity index (χ0n) is 14.7. The number of fused-ring (bicyclic) bond motifs is 1. The minimum atomic E-state index is -4.40. The van der Waals surface area contributed by atoms with Crippen molar-refractivity contribution in [2.75, 3.05) is 6.61 Å². The molecule has 1 aromatic carbocycles. The summed E-state index contributed by atoms with van der Waals surface area (Å²) in [4.78, 5) is 19.6. The molecule has 1 atom stereocenters. The Morgan fingerprint density at radius 2 is 2.04 bits per heavy atom. The van der Waals surface area contributed by atoms with Crippen molar-refractivity contribution in [3.8, 4) is 5.75 Å². The van der Waals surface area contributed by atoms with Gasteiger partial charge in [0.1, 0.15) is 11.4 Å². The van der Waals surface area contributed by atoms with Crippen LogP contribution in [-0.4, -0.2) is 28.7 Å². The fraction of sp³-hybridized carbons (Fsp3) is 0.263. The average molecular weight is 377 g/mol. The fourth-order valence-corrected chi connectivity index (χ4v) is 2.62. The molecular formula is C19H18F3N3O2. The van der Waals surface area contributed by atoms with E-state index < -0.39 is 18.8 Å². The van der Waals surface area contributed by atoms with Gasteiger partial charge in [-0.25, -0.2) is 0 Å². The summed E-state index contributed by atoms with van der Waals surface area (Å²) in [5.74, 6) is -0.281. The van der Waals surface area contributed by atoms with E-state index in [1.807, 2.05) is 25.1 Å². The number of hydrogen-bond acceptors (Lipinski definition) is 3. The number of H-pyrrole nitrogens is 1. The molecule has 27 heavy (non-hydrogen) atoms. The van der Waals surface area contributed by atoms with Gasteiger partial charge >= 0.3 is 6.18 Å². The number of nitrogens with zero attached hydrogens (tertiary/aromatic N) is 1. The number of benzene rings is 1. The van der Waals surface area contributed by atoms with Crippen LogP contribution in [-0.2, 0) is 0 Å². The van der Waals surface area contributed by atoms with Gasteiger partial charge in [-0.05, 0) is 44.2 Å². The van der Waals surface area contributed by atoms with E-state index in [0.29, 0.717) is 11.4 Å². The summed E-state index contributed by atoms with van der Waals surface area (Å²) in [6.07, 6.45) is -3.20. The van der Waals surface area contributed by atoms with E-state index in [0.717, 1.165) is 16.5 Å². The summed E-state index contributed by atoms with van der Waals surface area (Å²) < 4.78 is 41.1. The third kappa shape index (κ3) is 4.78. The Morgan fingerprint density at radius 3 is 2.70 bits per heavy atom. The number of carbonyl (C=O) groups excluding carboxylic acids is 1. The van der Waals surface area contributed by atoms with Crippen LogP contribution in [0.2, 0.25) is 0 Å². The maximum Gasteiger partial charge on any atom is 0.422 e. The number of ether oxygens (including phenoxy) is 1. The molecule has 0 radical (unpaired) electrons. The minimum absolute atomic E-state index is 0.0144. The normalized spacial score (nSPS) is 12.8. The molecule has 0 aliphatic carbocycles. The second-order valence-corrected chi connectivity index (χ2v) is 6.29. The maximum atomic E-state index is 12.4. The lowest BCUT2D eigenvalue weighted by Crippen LogP contribution is -2.27. The first kappa shape index (κ1) is 18.8. The molecule has 3 rings (SSSR count). The highest BCUT2D eigenvalue weighted by atomic mass is 19.4. The quantitative estimate of drug-likeness (QED) is 0.697. The lowest BCUT2D eigenvalue weighted by Gasteiger charge is -2.14. The van der Waals surface area contributed by atoms with E-state index in [9.17, 15) is 18.0 Å². The second kappa shape index (κ2) is 7.30. The Labute approximate surface area is 153 Å². The van der Waals surface area contributed by atoms with Crippen molar-refractivity contribution in [3.63, 3.8) is 0 Å². The maximum absolute atomic E-state index is 12.4. The number of aryl methyl sites for hydroxylation is 1. The van der Waals surface area contributed by atoms with E-state index in [1.54, 1.807) is 13.0 Å². The summed E-state index contributed by atoms with van der Waals surface area (Å²) >= 11 is 0. The van der Waals surface area contributed by atoms with Gasteiger partial charge in [-0.1, -0.05) is 11.6 Å². The summed E-state index contributed by atoms with van der Waals surface area (Å²) in [7, 11) is 0. The molecule has 142 valence electrons. The van der Waals surface area contributed by atoms with Crippen LogP contribution in [0.15, 0.2) is 42.6 Å². The number of carbonyl (C=O) groups is 1. The van der Waals surface area contributed by atoms with Crippen LogP contribution in [0.4, 0.5) is 13.2 Å². The van der Waals surface area contributed by atoms with Gasteiger partial charge in [0.2, 0.25) is 0 Å². The highest BCUT2D eigenvalue weighted by Gasteiger charge is 2.28. The Hall–Kier alpha value is -3.03. The highest BCUT2D eigenvalue weighted by Crippen LogP contribution is 2.20. The monoisotopic (exact) mass is 377 g/mol. The Morgan fingerprint density at radius 1 is 1.26 bits per heavy atom. The molecule has 0 aliphatic rings. The van der Waals surface area contributed by atoms with Gasteiger partial charge in [-0.2, -0.15) is 13.2 Å². The number of alkyl halides is 3. The van der Waals surface area contributed by atoms with Crippen molar-refractivity contribution in [2.45, 2.75) is 26.1 Å². The molecule has 0 bridgehead atoms. The van der Waals surface area contributed by atoms with Crippen molar-refractivity contribution < 1.29 is 22.7 Å². The summed E-state index contributed by atoms with van der Waals surface area (Å²) in [5.41, 5.74) is 2.89. The van der Waals surface area contributed by atoms with Gasteiger partial charge in [0.25, 0.3) is 5.91 Å². The molecule has 0 aliphatic heterocycles. The van der Waals surface area contributed by atoms with Crippen LogP contribution in [0, 0.1) is 6.92 Å². The summed E-state index contributed by atoms with van der Waals surface area (Å²) in [6, 6.07) is 10.1. The first-order chi connectivity index (χ1) is 12.7. The molecule has 0 saturated heterocycles. The first-order valence-electron chi connectivity index (χ1n) is 8.27. The van der Waals surface area contributed by atoms with Gasteiger partial charge in [0.15, 0.2) is 6.61 Å². The Kier molecular flexibility index (Phi) is 5.07. The number of hydrogen-bond donors (Lipinski definition) is 2. The molecule has 2 N–H and O–H groups in total. The van der Waals surface area contributed by atoms with Crippen molar-refractivity contribution >= 4 is 16.8 Å². The van der Waals surface area contributed by atoms with Gasteiger partial charge in [-0.3, -0.25) is 9.78 Å². The van der Waals surface area contributed by atoms with Crippen LogP contribution in [0.25, 0.3) is 10.9 Å². The predicted molar refractivity (Wildman–Crippen MR) is 94.7 cm³/mol. The number of rotatable bonds is 5. The van der Waals surface area contributed by atoms with Crippen LogP contribution in [0.1, 0.15) is 34.7 Å². The van der Waals surface area contributed by atoms with Crippen molar-refractivity contribution in [3.05, 3.63) is 59.5 Å². The highest BCUT2D eigenvalue weighted by molar-refractivity contribution is 5.98. The van der Waals surface area contributed by atoms with E-state index in [2.05, 4.69) is 20.0 Å². The number of amides is 1. The first-order valence-corrected chi connectivity index (χ1v) is 8.27. The molecule has 2 heterocycles. The van der Waals surface area contributed by atoms with Crippen molar-refractivity contribution in [1.29, 1.82) is 0 Å². The Bertz CT molecular complexity index is 949. The smallest absolute Gasteiger partial charge is 0.422 e. The van der Waals surface area contributed by atoms with E-state index in [-0.39, 0.29) is 11.7 Å². The van der Waals surface area contributed by atoms with Gasteiger partial charge < -0.3 is 15.0 Å². The lowest BCUT2D eigenvalue weighted by atomic mass is 10.2. The summed E-state index contributed by atoms with van der Waals surface area (Å²) in [5, 5.41) is 3.75. The van der Waals surface area contributed by atoms with Crippen LogP contribution < -0.4 is 10.1 Å². The molecule has 0 fully saturated rings. The van der Waals surface area contributed by atoms with Crippen LogP contribution in [0.3, 0.4) is 0 Å². The van der Waals surface area contributed by atoms with E-state index >= 15 is 0 Å². The molecule has 8 heteroatoms. The topological polar surface area (TPSA) is 67.0 Å². The number of aromatic nitrogens is 2. The number of pyridine rings is 1. The number of aromatic amines is 1. The second-order valence-electron chi connectivity index (χ2n) is 6.29. The Balaban J connectivity index is 1.65. The van der Waals surface area contributed by atoms with Gasteiger partial charge in [-0.15, -0.1) is 0 Å². The van der Waals surface area contributed by atoms with Crippen molar-refractivity contribution in [1.82, 2.24) is 15.3 Å². The minimum Gasteiger partial charge on any atom is -0.483 e. The summed E-state index contributed by atoms with van der Waals surface area (Å²) in [6.45, 7) is 2.34. The standard InChI is InChI=1S/C19H18F3N3O2/c1-11-3-5-16-13(7-11)8-17(25-16)18(26)24-12(2)15-6-4-14(9-23-15)27-10-19(20,21)22/h3-9,12,25H,10H2,1-2H3,(H,24,26)/t12-/m1/s1. The van der Waals surface area contributed by atoms with Crippen LogP contribution in [0.5, 0.6) is 5.75 Å². The molecular weight excluding hydrogens is 359 g/mol. The third-order valence-corrected chi connectivity index (χ3v) is 3.97. The zero-order valence-corrected chi connectivity index (χ0v) is 14.7. The molecule has 5 nitrogen and oxygen atoms in total. The molecule has 2 aromatic heterocycles. The predicted octanol–water partition coefficient (Wildman–Crippen LogP) is 4.30. The molecule has 0 unspecified atom stereocenters. The third-order valence-electron chi connectivity index (χ3n) is 3.97. The average Bonchev–Trinajstić information content (AvgIpc) is 3.03. The van der Waals surface area contributed by atoms with Gasteiger partial charge in [0.05, 0.1) is 17.9 Å². The van der Waals surface area contributed by atoms with E-state index in [1.165, 1.54) is 18.3 Å². The SMILES string of the molecule is Cc1ccc2[nH]c(C(=O)N[C@H](C)c3ccc(OCC(F)(F)F)cn3)cc2c1.